The van der Waals surface area contributed by atoms with Crippen LogP contribution in [-0.2, 0) is 14.3 Å². The summed E-state index contributed by atoms with van der Waals surface area (Å²) in [5, 5.41) is 3.36. The zero-order valence-electron chi connectivity index (χ0n) is 25.2. The molecule has 1 aliphatic carbocycles. The molecule has 10 nitrogen and oxygen atoms in total. The van der Waals surface area contributed by atoms with Crippen molar-refractivity contribution in [3.8, 4) is 6.01 Å². The Morgan fingerprint density at radius 2 is 1.60 bits per heavy atom. The second-order valence-corrected chi connectivity index (χ2v) is 12.1. The van der Waals surface area contributed by atoms with Crippen molar-refractivity contribution in [2.24, 2.45) is 17.8 Å². The number of nitrogens with one attached hydrogen (secondary N) is 1. The predicted molar refractivity (Wildman–Crippen MR) is 157 cm³/mol. The maximum absolute atomic E-state index is 13.6. The molecule has 1 aromatic heterocycles. The van der Waals surface area contributed by atoms with Gasteiger partial charge in [-0.1, -0.05) is 43.2 Å². The highest BCUT2D eigenvalue weighted by Gasteiger charge is 2.42. The second kappa shape index (κ2) is 13.2. The van der Waals surface area contributed by atoms with Gasteiger partial charge in [-0.25, -0.2) is 4.79 Å². The number of likely N-dealkylation sites (tertiary alicyclic amines) is 2. The maximum Gasteiger partial charge on any atom is 0.346 e. The minimum absolute atomic E-state index is 0.00586. The third-order valence-corrected chi connectivity index (χ3v) is 9.11. The van der Waals surface area contributed by atoms with Crippen molar-refractivity contribution < 1.29 is 23.9 Å². The summed E-state index contributed by atoms with van der Waals surface area (Å²) >= 11 is 0. The molecule has 0 bridgehead atoms. The zero-order chi connectivity index (χ0) is 29.8. The average molecular weight is 578 g/mol. The number of rotatable bonds is 10. The van der Waals surface area contributed by atoms with E-state index < -0.39 is 12.1 Å². The monoisotopic (exact) mass is 577 g/mol. The minimum atomic E-state index is -0.845. The van der Waals surface area contributed by atoms with Gasteiger partial charge in [-0.05, 0) is 57.4 Å². The van der Waals surface area contributed by atoms with Crippen molar-refractivity contribution in [2.45, 2.75) is 65.0 Å². The topological polar surface area (TPSA) is 114 Å². The van der Waals surface area contributed by atoms with Crippen molar-refractivity contribution in [1.82, 2.24) is 25.1 Å². The lowest BCUT2D eigenvalue weighted by molar-refractivity contribution is -0.148. The van der Waals surface area contributed by atoms with E-state index in [1.807, 2.05) is 23.1 Å². The van der Waals surface area contributed by atoms with Crippen molar-refractivity contribution in [3.63, 3.8) is 0 Å². The van der Waals surface area contributed by atoms with Crippen LogP contribution in [0.25, 0.3) is 0 Å². The first kappa shape index (κ1) is 29.9. The summed E-state index contributed by atoms with van der Waals surface area (Å²) in [4.78, 5) is 51.3. The lowest BCUT2D eigenvalue weighted by atomic mass is 10.0. The highest BCUT2D eigenvalue weighted by molar-refractivity contribution is 5.96. The normalized spacial score (nSPS) is 22.0. The minimum Gasteiger partial charge on any atom is -0.466 e. The van der Waals surface area contributed by atoms with Crippen molar-refractivity contribution in [2.75, 3.05) is 39.8 Å². The number of ether oxygens (including phenoxy) is 2. The molecule has 226 valence electrons. The Bertz CT molecular complexity index is 1240. The van der Waals surface area contributed by atoms with Crippen LogP contribution in [0.5, 0.6) is 6.01 Å². The molecular weight excluding hydrogens is 534 g/mol. The first-order valence-electron chi connectivity index (χ1n) is 15.2. The fourth-order valence-corrected chi connectivity index (χ4v) is 6.81. The molecule has 1 saturated carbocycles. The molecule has 4 atom stereocenters. The summed E-state index contributed by atoms with van der Waals surface area (Å²) < 4.78 is 10.2. The Morgan fingerprint density at radius 1 is 0.976 bits per heavy atom. The predicted octanol–water partition coefficient (Wildman–Crippen LogP) is 3.48. The van der Waals surface area contributed by atoms with Crippen LogP contribution >= 0.6 is 0 Å². The van der Waals surface area contributed by atoms with E-state index in [1.165, 1.54) is 7.11 Å². The summed E-state index contributed by atoms with van der Waals surface area (Å²) in [6.45, 7) is 9.31. The molecule has 3 aliphatic rings. The van der Waals surface area contributed by atoms with Crippen LogP contribution in [0.1, 0.15) is 72.4 Å². The Morgan fingerprint density at radius 3 is 2.19 bits per heavy atom. The van der Waals surface area contributed by atoms with E-state index in [-0.39, 0.29) is 29.8 Å². The van der Waals surface area contributed by atoms with Crippen LogP contribution in [0.2, 0.25) is 0 Å². The van der Waals surface area contributed by atoms with E-state index in [0.29, 0.717) is 41.9 Å². The Kier molecular flexibility index (Phi) is 9.40. The number of carbonyl (C=O) groups is 3. The first-order valence-corrected chi connectivity index (χ1v) is 15.2. The van der Waals surface area contributed by atoms with Crippen LogP contribution in [0, 0.1) is 31.6 Å². The largest absolute Gasteiger partial charge is 0.466 e. The van der Waals surface area contributed by atoms with Gasteiger partial charge >= 0.3 is 12.0 Å². The molecule has 2 amide bonds. The molecule has 3 fully saturated rings. The Hall–Kier alpha value is -3.53. The van der Waals surface area contributed by atoms with Gasteiger partial charge in [-0.3, -0.25) is 9.59 Å². The van der Waals surface area contributed by atoms with E-state index in [4.69, 9.17) is 9.47 Å². The number of esters is 1. The molecule has 4 unspecified atom stereocenters. The molecule has 10 heteroatoms. The smallest absolute Gasteiger partial charge is 0.346 e. The summed E-state index contributed by atoms with van der Waals surface area (Å²) in [7, 11) is 1.30. The summed E-state index contributed by atoms with van der Waals surface area (Å²) in [5.41, 5.74) is 2.72. The van der Waals surface area contributed by atoms with E-state index >= 15 is 0 Å². The van der Waals surface area contributed by atoms with Crippen LogP contribution < -0.4 is 10.1 Å². The fourth-order valence-electron chi connectivity index (χ4n) is 6.81. The Balaban J connectivity index is 1.16. The number of amides is 2. The van der Waals surface area contributed by atoms with Gasteiger partial charge in [-0.15, -0.1) is 0 Å². The number of hydrogen-bond acceptors (Lipinski definition) is 8. The summed E-state index contributed by atoms with van der Waals surface area (Å²) in [6, 6.07) is 10.4. The van der Waals surface area contributed by atoms with Gasteiger partial charge in [0.05, 0.1) is 30.1 Å². The number of hydrogen-bond donors (Lipinski definition) is 1. The third kappa shape index (κ3) is 6.75. The SMILES string of the molecule is COC(=O)C(C)Oc1nc(C)c(C(=O)N2CC3CN(CCC(NC(=O)C4CCCC4)c4ccccc4)CC3C2)c(C)n1. The molecule has 5 rings (SSSR count). The highest BCUT2D eigenvalue weighted by atomic mass is 16.6. The van der Waals surface area contributed by atoms with Crippen LogP contribution in [0.4, 0.5) is 0 Å². The van der Waals surface area contributed by atoms with Gasteiger partial charge in [0.2, 0.25) is 5.91 Å². The maximum atomic E-state index is 13.6. The van der Waals surface area contributed by atoms with Crippen LogP contribution in [-0.4, -0.2) is 83.5 Å². The molecule has 1 aromatic carbocycles. The molecule has 42 heavy (non-hydrogen) atoms. The van der Waals surface area contributed by atoms with E-state index in [2.05, 4.69) is 32.3 Å². The Labute approximate surface area is 248 Å². The van der Waals surface area contributed by atoms with Gasteiger partial charge in [0.15, 0.2) is 6.10 Å². The number of methoxy groups -OCH3 is 1. The third-order valence-electron chi connectivity index (χ3n) is 9.11. The second-order valence-electron chi connectivity index (χ2n) is 12.1. The van der Waals surface area contributed by atoms with Gasteiger partial charge < -0.3 is 24.6 Å². The highest BCUT2D eigenvalue weighted by Crippen LogP contribution is 2.33. The average Bonchev–Trinajstić information content (AvgIpc) is 3.72. The molecule has 0 radical (unpaired) electrons. The molecular formula is C32H43N5O5. The fraction of sp³-hybridized carbons (Fsp3) is 0.594. The van der Waals surface area contributed by atoms with Crippen LogP contribution in [0.3, 0.4) is 0 Å². The van der Waals surface area contributed by atoms with E-state index in [9.17, 15) is 14.4 Å². The van der Waals surface area contributed by atoms with Crippen LogP contribution in [0.15, 0.2) is 30.3 Å². The number of nitrogens with zero attached hydrogens (tertiary/aromatic N) is 4. The number of fused-ring (bicyclic) bond motifs is 1. The number of carbonyl (C=O) groups excluding carboxylic acids is 3. The lowest BCUT2D eigenvalue weighted by Gasteiger charge is -2.26. The van der Waals surface area contributed by atoms with Crippen molar-refractivity contribution in [3.05, 3.63) is 52.8 Å². The quantitative estimate of drug-likeness (QED) is 0.427. The van der Waals surface area contributed by atoms with E-state index in [1.54, 1.807) is 20.8 Å². The van der Waals surface area contributed by atoms with Crippen molar-refractivity contribution >= 4 is 17.8 Å². The zero-order valence-corrected chi connectivity index (χ0v) is 25.2. The van der Waals surface area contributed by atoms with Gasteiger partial charge in [-0.2, -0.15) is 9.97 Å². The molecule has 0 spiro atoms. The van der Waals surface area contributed by atoms with Gasteiger partial charge in [0, 0.05) is 38.6 Å². The lowest BCUT2D eigenvalue weighted by Crippen LogP contribution is -2.37. The molecule has 2 aliphatic heterocycles. The summed E-state index contributed by atoms with van der Waals surface area (Å²) in [6.07, 6.45) is 4.30. The number of aromatic nitrogens is 2. The molecule has 1 N–H and O–H groups in total. The van der Waals surface area contributed by atoms with Crippen molar-refractivity contribution in [1.29, 1.82) is 0 Å². The van der Waals surface area contributed by atoms with Gasteiger partial charge in [0.25, 0.3) is 5.91 Å². The number of benzene rings is 1. The van der Waals surface area contributed by atoms with Gasteiger partial charge in [0.1, 0.15) is 0 Å². The molecule has 3 heterocycles. The van der Waals surface area contributed by atoms with E-state index in [0.717, 1.165) is 57.3 Å². The molecule has 2 aromatic rings. The number of aryl methyl sites for hydroxylation is 2. The molecule has 2 saturated heterocycles. The first-order chi connectivity index (χ1) is 20.2. The standard InChI is InChI=1S/C32H43N5O5/c1-20-28(21(2)34-32(33-20)42-22(3)31(40)41-4)30(39)37-18-25-16-36(17-26(25)19-37)15-14-27(23-10-6-5-7-11-23)35-29(38)24-12-8-9-13-24/h5-7,10-11,22,24-27H,8-9,12-19H2,1-4H3,(H,35,38). The summed E-state index contributed by atoms with van der Waals surface area (Å²) in [5.74, 6) is 0.606.